The predicted octanol–water partition coefficient (Wildman–Crippen LogP) is 1.81. The van der Waals surface area contributed by atoms with E-state index < -0.39 is 23.7 Å². The van der Waals surface area contributed by atoms with Gasteiger partial charge in [-0.1, -0.05) is 42.5 Å². The van der Waals surface area contributed by atoms with Crippen molar-refractivity contribution in [3.63, 3.8) is 0 Å². The van der Waals surface area contributed by atoms with E-state index in [1.165, 1.54) is 18.2 Å². The molecule has 3 N–H and O–H groups in total. The maximum atomic E-state index is 13.4. The van der Waals surface area contributed by atoms with Gasteiger partial charge in [0.15, 0.2) is 0 Å². The van der Waals surface area contributed by atoms with E-state index in [-0.39, 0.29) is 25.4 Å². The lowest BCUT2D eigenvalue weighted by atomic mass is 10.2. The maximum absolute atomic E-state index is 13.4. The van der Waals surface area contributed by atoms with Gasteiger partial charge in [0.1, 0.15) is 19.0 Å². The van der Waals surface area contributed by atoms with Gasteiger partial charge in [-0.25, -0.2) is 9.18 Å². The molecule has 0 aromatic heterocycles. The van der Waals surface area contributed by atoms with Crippen molar-refractivity contribution in [3.8, 4) is 0 Å². The number of amides is 3. The number of anilines is 1. The molecule has 0 saturated carbocycles. The smallest absolute Gasteiger partial charge is 0.407 e. The van der Waals surface area contributed by atoms with Gasteiger partial charge in [-0.15, -0.1) is 0 Å². The van der Waals surface area contributed by atoms with Gasteiger partial charge in [-0.05, 0) is 17.7 Å². The largest absolute Gasteiger partial charge is 0.445 e. The molecule has 0 radical (unpaired) electrons. The van der Waals surface area contributed by atoms with Crippen LogP contribution in [0.25, 0.3) is 0 Å². The van der Waals surface area contributed by atoms with Crippen LogP contribution in [-0.4, -0.2) is 31.0 Å². The summed E-state index contributed by atoms with van der Waals surface area (Å²) in [6.45, 7) is -0.617. The van der Waals surface area contributed by atoms with Crippen molar-refractivity contribution in [2.45, 2.75) is 6.61 Å². The lowest BCUT2D eigenvalue weighted by Gasteiger charge is -2.09. The van der Waals surface area contributed by atoms with Crippen LogP contribution in [0.3, 0.4) is 0 Å². The molecular weight excluding hydrogens is 341 g/mol. The Labute approximate surface area is 149 Å². The van der Waals surface area contributed by atoms with Crippen molar-refractivity contribution in [3.05, 3.63) is 66.0 Å². The summed E-state index contributed by atoms with van der Waals surface area (Å²) in [5.41, 5.74) is 0.839. The molecular formula is C18H18FN3O4. The molecule has 2 aromatic carbocycles. The molecule has 3 amide bonds. The molecule has 2 rings (SSSR count). The Bertz CT molecular complexity index is 768. The summed E-state index contributed by atoms with van der Waals surface area (Å²) in [4.78, 5) is 34.8. The van der Waals surface area contributed by atoms with Gasteiger partial charge in [-0.3, -0.25) is 9.59 Å². The fourth-order valence-corrected chi connectivity index (χ4v) is 1.92. The molecule has 0 aliphatic heterocycles. The van der Waals surface area contributed by atoms with Crippen LogP contribution >= 0.6 is 0 Å². The normalized spacial score (nSPS) is 9.88. The molecule has 8 heteroatoms. The standard InChI is InChI=1S/C18H18FN3O4/c19-14-8-4-5-9-15(14)22-17(24)11-20-16(23)10-21-18(25)26-12-13-6-2-1-3-7-13/h1-9H,10-12H2,(H,20,23)(H,21,25)(H,22,24). The zero-order chi connectivity index (χ0) is 18.8. The van der Waals surface area contributed by atoms with Crippen molar-refractivity contribution in [1.82, 2.24) is 10.6 Å². The lowest BCUT2D eigenvalue weighted by molar-refractivity contribution is -0.123. The van der Waals surface area contributed by atoms with Gasteiger partial charge in [0, 0.05) is 0 Å². The molecule has 0 fully saturated rings. The van der Waals surface area contributed by atoms with Crippen LogP contribution in [0.2, 0.25) is 0 Å². The van der Waals surface area contributed by atoms with Crippen molar-refractivity contribution < 1.29 is 23.5 Å². The van der Waals surface area contributed by atoms with E-state index in [9.17, 15) is 18.8 Å². The Morgan fingerprint density at radius 1 is 0.846 bits per heavy atom. The summed E-state index contributed by atoms with van der Waals surface area (Å²) in [5.74, 6) is -1.74. The first-order valence-electron chi connectivity index (χ1n) is 7.80. The van der Waals surface area contributed by atoms with Crippen molar-refractivity contribution in [2.75, 3.05) is 18.4 Å². The highest BCUT2D eigenvalue weighted by Crippen LogP contribution is 2.11. The number of para-hydroxylation sites is 1. The van der Waals surface area contributed by atoms with Crippen LogP contribution in [0.15, 0.2) is 54.6 Å². The molecule has 0 unspecified atom stereocenters. The number of alkyl carbamates (subject to hydrolysis) is 1. The van der Waals surface area contributed by atoms with Crippen LogP contribution in [0.1, 0.15) is 5.56 Å². The molecule has 0 aliphatic rings. The maximum Gasteiger partial charge on any atom is 0.407 e. The Kier molecular flexibility index (Phi) is 7.11. The minimum absolute atomic E-state index is 0.0226. The zero-order valence-corrected chi connectivity index (χ0v) is 13.8. The van der Waals surface area contributed by atoms with Gasteiger partial charge in [-0.2, -0.15) is 0 Å². The van der Waals surface area contributed by atoms with Crippen LogP contribution in [0, 0.1) is 5.82 Å². The van der Waals surface area contributed by atoms with E-state index in [2.05, 4.69) is 16.0 Å². The second-order valence-corrected chi connectivity index (χ2v) is 5.22. The summed E-state index contributed by atoms with van der Waals surface area (Å²) >= 11 is 0. The summed E-state index contributed by atoms with van der Waals surface area (Å²) in [7, 11) is 0. The summed E-state index contributed by atoms with van der Waals surface area (Å²) < 4.78 is 18.3. The fourth-order valence-electron chi connectivity index (χ4n) is 1.92. The van der Waals surface area contributed by atoms with Gasteiger partial charge in [0.2, 0.25) is 11.8 Å². The second kappa shape index (κ2) is 9.77. The number of carbonyl (C=O) groups excluding carboxylic acids is 3. The molecule has 0 bridgehead atoms. The Morgan fingerprint density at radius 2 is 1.50 bits per heavy atom. The predicted molar refractivity (Wildman–Crippen MR) is 92.7 cm³/mol. The molecule has 26 heavy (non-hydrogen) atoms. The minimum atomic E-state index is -0.750. The number of carbonyl (C=O) groups is 3. The lowest BCUT2D eigenvalue weighted by Crippen LogP contribution is -2.40. The highest BCUT2D eigenvalue weighted by Gasteiger charge is 2.10. The zero-order valence-electron chi connectivity index (χ0n) is 13.8. The number of halogens is 1. The molecule has 136 valence electrons. The topological polar surface area (TPSA) is 96.5 Å². The van der Waals surface area contributed by atoms with Crippen LogP contribution < -0.4 is 16.0 Å². The SMILES string of the molecule is O=C(CNC(=O)OCc1ccccc1)NCC(=O)Nc1ccccc1F. The number of benzene rings is 2. The molecule has 2 aromatic rings. The van der Waals surface area contributed by atoms with Crippen LogP contribution in [-0.2, 0) is 20.9 Å². The number of hydrogen-bond donors (Lipinski definition) is 3. The molecule has 0 aliphatic carbocycles. The first-order valence-corrected chi connectivity index (χ1v) is 7.80. The average molecular weight is 359 g/mol. The molecule has 7 nitrogen and oxygen atoms in total. The van der Waals surface area contributed by atoms with Gasteiger partial charge >= 0.3 is 6.09 Å². The summed E-state index contributed by atoms with van der Waals surface area (Å²) in [6, 6.07) is 14.8. The highest BCUT2D eigenvalue weighted by molar-refractivity contribution is 5.95. The van der Waals surface area contributed by atoms with Gasteiger partial charge < -0.3 is 20.7 Å². The first-order chi connectivity index (χ1) is 12.5. The average Bonchev–Trinajstić information content (AvgIpc) is 2.65. The van der Waals surface area contributed by atoms with Gasteiger partial charge in [0.05, 0.1) is 12.2 Å². The fraction of sp³-hybridized carbons (Fsp3) is 0.167. The molecule has 0 spiro atoms. The Morgan fingerprint density at radius 3 is 2.23 bits per heavy atom. The number of ether oxygens (including phenoxy) is 1. The number of nitrogens with one attached hydrogen (secondary N) is 3. The Balaban J connectivity index is 1.63. The van der Waals surface area contributed by atoms with E-state index in [1.807, 2.05) is 18.2 Å². The van der Waals surface area contributed by atoms with E-state index in [0.717, 1.165) is 5.56 Å². The minimum Gasteiger partial charge on any atom is -0.445 e. The summed E-state index contributed by atoms with van der Waals surface area (Å²) in [6.07, 6.45) is -0.750. The van der Waals surface area contributed by atoms with E-state index in [4.69, 9.17) is 4.74 Å². The number of hydrogen-bond acceptors (Lipinski definition) is 4. The van der Waals surface area contributed by atoms with E-state index in [0.29, 0.717) is 0 Å². The third-order valence-corrected chi connectivity index (χ3v) is 3.20. The second-order valence-electron chi connectivity index (χ2n) is 5.22. The molecule has 0 heterocycles. The molecule has 0 atom stereocenters. The van der Waals surface area contributed by atoms with Crippen LogP contribution in [0.5, 0.6) is 0 Å². The van der Waals surface area contributed by atoms with Crippen LogP contribution in [0.4, 0.5) is 14.9 Å². The summed E-state index contributed by atoms with van der Waals surface area (Å²) in [5, 5.41) is 6.91. The van der Waals surface area contributed by atoms with E-state index in [1.54, 1.807) is 18.2 Å². The third-order valence-electron chi connectivity index (χ3n) is 3.20. The molecule has 0 saturated heterocycles. The monoisotopic (exact) mass is 359 g/mol. The van der Waals surface area contributed by atoms with E-state index >= 15 is 0 Å². The van der Waals surface area contributed by atoms with Crippen molar-refractivity contribution in [2.24, 2.45) is 0 Å². The Hall–Kier alpha value is -3.42. The third kappa shape index (κ3) is 6.60. The van der Waals surface area contributed by atoms with Gasteiger partial charge in [0.25, 0.3) is 0 Å². The number of rotatable bonds is 7. The first kappa shape index (κ1) is 18.9. The highest BCUT2D eigenvalue weighted by atomic mass is 19.1. The quantitative estimate of drug-likeness (QED) is 0.702. The van der Waals surface area contributed by atoms with Crippen molar-refractivity contribution >= 4 is 23.6 Å². The van der Waals surface area contributed by atoms with Crippen molar-refractivity contribution in [1.29, 1.82) is 0 Å².